The highest BCUT2D eigenvalue weighted by molar-refractivity contribution is 5.60. The maximum absolute atomic E-state index is 10.5. The van der Waals surface area contributed by atoms with Crippen molar-refractivity contribution in [1.82, 2.24) is 15.0 Å². The Morgan fingerprint density at radius 2 is 1.96 bits per heavy atom. The predicted octanol–water partition coefficient (Wildman–Crippen LogP) is 3.48. The highest BCUT2D eigenvalue weighted by atomic mass is 16.3. The standard InChI is InChI=1S/C21H22N4O/c1-14-4-2-5-16(12-14)19(26)13-23-21-17-6-3-7-18(17)24-20(25-21)15-8-10-22-11-9-15/h2,4-5,8-12,19,26H,3,6-7,13H2,1H3,(H,23,24,25). The average molecular weight is 346 g/mol. The first-order valence-electron chi connectivity index (χ1n) is 8.99. The third-order valence-corrected chi connectivity index (χ3v) is 4.76. The number of aromatic nitrogens is 3. The zero-order chi connectivity index (χ0) is 17.9. The molecule has 0 saturated heterocycles. The molecule has 0 saturated carbocycles. The molecule has 2 N–H and O–H groups in total. The van der Waals surface area contributed by atoms with Crippen LogP contribution in [0.15, 0.2) is 48.8 Å². The third kappa shape index (κ3) is 3.44. The van der Waals surface area contributed by atoms with Crippen LogP contribution in [0.1, 0.15) is 34.9 Å². The highest BCUT2D eigenvalue weighted by Gasteiger charge is 2.20. The molecule has 1 aliphatic carbocycles. The van der Waals surface area contributed by atoms with Gasteiger partial charge in [0.05, 0.1) is 6.10 Å². The van der Waals surface area contributed by atoms with Crippen LogP contribution in [0.3, 0.4) is 0 Å². The number of rotatable bonds is 5. The van der Waals surface area contributed by atoms with Crippen LogP contribution in [-0.2, 0) is 12.8 Å². The topological polar surface area (TPSA) is 70.9 Å². The molecule has 1 atom stereocenters. The fraction of sp³-hybridized carbons (Fsp3) is 0.286. The number of aliphatic hydroxyl groups is 1. The van der Waals surface area contributed by atoms with Crippen molar-refractivity contribution in [2.24, 2.45) is 0 Å². The van der Waals surface area contributed by atoms with Crippen molar-refractivity contribution in [3.8, 4) is 11.4 Å². The normalized spacial score (nSPS) is 14.1. The van der Waals surface area contributed by atoms with Crippen molar-refractivity contribution in [3.05, 3.63) is 71.2 Å². The molecule has 2 aromatic heterocycles. The summed E-state index contributed by atoms with van der Waals surface area (Å²) in [5.74, 6) is 1.55. The molecule has 5 nitrogen and oxygen atoms in total. The quantitative estimate of drug-likeness (QED) is 0.740. The van der Waals surface area contributed by atoms with E-state index in [0.717, 1.165) is 47.5 Å². The van der Waals surface area contributed by atoms with Gasteiger partial charge in [0.2, 0.25) is 0 Å². The molecule has 0 aliphatic heterocycles. The fourth-order valence-electron chi connectivity index (χ4n) is 3.40. The van der Waals surface area contributed by atoms with Gasteiger partial charge < -0.3 is 10.4 Å². The first kappa shape index (κ1) is 16.7. The Morgan fingerprint density at radius 1 is 1.12 bits per heavy atom. The molecule has 0 amide bonds. The van der Waals surface area contributed by atoms with Crippen molar-refractivity contribution in [2.45, 2.75) is 32.3 Å². The number of aliphatic hydroxyl groups excluding tert-OH is 1. The number of nitrogens with one attached hydrogen (secondary N) is 1. The monoisotopic (exact) mass is 346 g/mol. The molecule has 1 aromatic carbocycles. The molecule has 3 aromatic rings. The Hall–Kier alpha value is -2.79. The van der Waals surface area contributed by atoms with E-state index in [4.69, 9.17) is 9.97 Å². The van der Waals surface area contributed by atoms with Gasteiger partial charge >= 0.3 is 0 Å². The summed E-state index contributed by atoms with van der Waals surface area (Å²) >= 11 is 0. The number of hydrogen-bond donors (Lipinski definition) is 2. The fourth-order valence-corrected chi connectivity index (χ4v) is 3.40. The largest absolute Gasteiger partial charge is 0.387 e. The second-order valence-corrected chi connectivity index (χ2v) is 6.72. The van der Waals surface area contributed by atoms with Gasteiger partial charge in [-0.1, -0.05) is 29.8 Å². The molecule has 2 heterocycles. The molecular weight excluding hydrogens is 324 g/mol. The van der Waals surface area contributed by atoms with Gasteiger partial charge in [-0.2, -0.15) is 0 Å². The van der Waals surface area contributed by atoms with Gasteiger partial charge in [0.25, 0.3) is 0 Å². The second kappa shape index (κ2) is 7.22. The summed E-state index contributed by atoms with van der Waals surface area (Å²) < 4.78 is 0. The lowest BCUT2D eigenvalue weighted by atomic mass is 10.1. The molecule has 1 aliphatic rings. The highest BCUT2D eigenvalue weighted by Crippen LogP contribution is 2.29. The molecule has 0 bridgehead atoms. The second-order valence-electron chi connectivity index (χ2n) is 6.72. The van der Waals surface area contributed by atoms with Crippen molar-refractivity contribution < 1.29 is 5.11 Å². The Labute approximate surface area is 153 Å². The maximum Gasteiger partial charge on any atom is 0.161 e. The van der Waals surface area contributed by atoms with Gasteiger partial charge in [0.15, 0.2) is 5.82 Å². The number of pyridine rings is 1. The number of aryl methyl sites for hydroxylation is 2. The lowest BCUT2D eigenvalue weighted by Gasteiger charge is -2.16. The Kier molecular flexibility index (Phi) is 4.63. The molecular formula is C21H22N4O. The van der Waals surface area contributed by atoms with Crippen molar-refractivity contribution in [2.75, 3.05) is 11.9 Å². The average Bonchev–Trinajstić information content (AvgIpc) is 3.15. The van der Waals surface area contributed by atoms with E-state index in [9.17, 15) is 5.11 Å². The zero-order valence-electron chi connectivity index (χ0n) is 14.8. The summed E-state index contributed by atoms with van der Waals surface area (Å²) in [4.78, 5) is 13.5. The Balaban J connectivity index is 1.59. The van der Waals surface area contributed by atoms with Crippen LogP contribution >= 0.6 is 0 Å². The number of benzene rings is 1. The zero-order valence-corrected chi connectivity index (χ0v) is 14.8. The smallest absolute Gasteiger partial charge is 0.161 e. The Morgan fingerprint density at radius 3 is 2.77 bits per heavy atom. The van der Waals surface area contributed by atoms with E-state index in [1.54, 1.807) is 12.4 Å². The van der Waals surface area contributed by atoms with Crippen molar-refractivity contribution in [1.29, 1.82) is 0 Å². The van der Waals surface area contributed by atoms with Crippen LogP contribution in [0.25, 0.3) is 11.4 Å². The van der Waals surface area contributed by atoms with E-state index in [1.807, 2.05) is 43.3 Å². The van der Waals surface area contributed by atoms with E-state index in [2.05, 4.69) is 10.3 Å². The van der Waals surface area contributed by atoms with Crippen LogP contribution in [0.4, 0.5) is 5.82 Å². The van der Waals surface area contributed by atoms with E-state index in [1.165, 1.54) is 5.56 Å². The molecule has 1 unspecified atom stereocenters. The van der Waals surface area contributed by atoms with Gasteiger partial charge in [0.1, 0.15) is 5.82 Å². The third-order valence-electron chi connectivity index (χ3n) is 4.76. The summed E-state index contributed by atoms with van der Waals surface area (Å²) in [6.45, 7) is 2.45. The summed E-state index contributed by atoms with van der Waals surface area (Å²) in [5, 5.41) is 13.9. The van der Waals surface area contributed by atoms with Gasteiger partial charge in [-0.05, 0) is 43.9 Å². The van der Waals surface area contributed by atoms with Crippen LogP contribution in [-0.4, -0.2) is 26.6 Å². The molecule has 132 valence electrons. The first-order chi connectivity index (χ1) is 12.7. The number of anilines is 1. The van der Waals surface area contributed by atoms with Crippen LogP contribution in [0.2, 0.25) is 0 Å². The van der Waals surface area contributed by atoms with Crippen LogP contribution < -0.4 is 5.32 Å². The Bertz CT molecular complexity index is 911. The van der Waals surface area contributed by atoms with Crippen LogP contribution in [0.5, 0.6) is 0 Å². The van der Waals surface area contributed by atoms with E-state index < -0.39 is 6.10 Å². The summed E-state index contributed by atoms with van der Waals surface area (Å²) in [6.07, 6.45) is 5.98. The minimum absolute atomic E-state index is 0.419. The first-order valence-corrected chi connectivity index (χ1v) is 8.99. The molecule has 26 heavy (non-hydrogen) atoms. The molecule has 0 fully saturated rings. The lowest BCUT2D eigenvalue weighted by molar-refractivity contribution is 0.191. The summed E-state index contributed by atoms with van der Waals surface area (Å²) in [7, 11) is 0. The van der Waals surface area contributed by atoms with Crippen LogP contribution in [0, 0.1) is 6.92 Å². The summed E-state index contributed by atoms with van der Waals surface area (Å²) in [5.41, 5.74) is 5.30. The van der Waals surface area contributed by atoms with Gasteiger partial charge in [-0.15, -0.1) is 0 Å². The molecule has 0 radical (unpaired) electrons. The minimum atomic E-state index is -0.578. The molecule has 4 rings (SSSR count). The summed E-state index contributed by atoms with van der Waals surface area (Å²) in [6, 6.07) is 11.8. The maximum atomic E-state index is 10.5. The number of nitrogens with zero attached hydrogens (tertiary/aromatic N) is 3. The van der Waals surface area contributed by atoms with Crippen molar-refractivity contribution in [3.63, 3.8) is 0 Å². The minimum Gasteiger partial charge on any atom is -0.387 e. The number of hydrogen-bond acceptors (Lipinski definition) is 5. The SMILES string of the molecule is Cc1cccc(C(O)CNc2nc(-c3ccncc3)nc3c2CCC3)c1. The van der Waals surface area contributed by atoms with Gasteiger partial charge in [-0.25, -0.2) is 9.97 Å². The van der Waals surface area contributed by atoms with E-state index in [-0.39, 0.29) is 0 Å². The molecule has 5 heteroatoms. The molecule has 0 spiro atoms. The van der Waals surface area contributed by atoms with Crippen molar-refractivity contribution >= 4 is 5.82 Å². The lowest BCUT2D eigenvalue weighted by Crippen LogP contribution is -2.15. The van der Waals surface area contributed by atoms with E-state index >= 15 is 0 Å². The van der Waals surface area contributed by atoms with Gasteiger partial charge in [0, 0.05) is 35.8 Å². The van der Waals surface area contributed by atoms with E-state index in [0.29, 0.717) is 12.4 Å². The predicted molar refractivity (Wildman–Crippen MR) is 102 cm³/mol. The van der Waals surface area contributed by atoms with Gasteiger partial charge in [-0.3, -0.25) is 4.98 Å². The number of fused-ring (bicyclic) bond motifs is 1.